The lowest BCUT2D eigenvalue weighted by atomic mass is 9.77. The predicted molar refractivity (Wildman–Crippen MR) is 116 cm³/mol. The number of ether oxygens (including phenoxy) is 1. The standard InChI is InChI=1S/C26H33FO2/c1-2-3-4-5-20-6-11-22(12-7-20)23-13-8-21(9-14-23)10-19-26(28)29-25-17-15-24(27)16-18-25/h8-9,13-18,20,22H,2-7,10-12,19H2,1H3. The summed E-state index contributed by atoms with van der Waals surface area (Å²) < 4.78 is 18.2. The Kier molecular flexibility index (Phi) is 8.27. The maximum Gasteiger partial charge on any atom is 0.311 e. The summed E-state index contributed by atoms with van der Waals surface area (Å²) in [7, 11) is 0. The molecular weight excluding hydrogens is 363 g/mol. The Bertz CT molecular complexity index is 743. The van der Waals surface area contributed by atoms with Gasteiger partial charge in [-0.15, -0.1) is 0 Å². The highest BCUT2D eigenvalue weighted by molar-refractivity contribution is 5.72. The zero-order valence-corrected chi connectivity index (χ0v) is 17.5. The van der Waals surface area contributed by atoms with Gasteiger partial charge in [-0.2, -0.15) is 0 Å². The first-order chi connectivity index (χ1) is 14.1. The first-order valence-electron chi connectivity index (χ1n) is 11.2. The Morgan fingerprint density at radius 2 is 1.66 bits per heavy atom. The van der Waals surface area contributed by atoms with E-state index in [-0.39, 0.29) is 11.8 Å². The van der Waals surface area contributed by atoms with Gasteiger partial charge in [-0.25, -0.2) is 4.39 Å². The smallest absolute Gasteiger partial charge is 0.311 e. The number of unbranched alkanes of at least 4 members (excludes halogenated alkanes) is 2. The summed E-state index contributed by atoms with van der Waals surface area (Å²) in [6, 6.07) is 14.3. The normalized spacial score (nSPS) is 19.1. The molecule has 0 aliphatic heterocycles. The number of carbonyl (C=O) groups is 1. The van der Waals surface area contributed by atoms with Gasteiger partial charge in [0.15, 0.2) is 0 Å². The van der Waals surface area contributed by atoms with Crippen molar-refractivity contribution in [3.63, 3.8) is 0 Å². The molecule has 0 aromatic heterocycles. The first-order valence-corrected chi connectivity index (χ1v) is 11.2. The van der Waals surface area contributed by atoms with Gasteiger partial charge in [-0.1, -0.05) is 56.9 Å². The Labute approximate surface area is 174 Å². The highest BCUT2D eigenvalue weighted by Crippen LogP contribution is 2.37. The van der Waals surface area contributed by atoms with Crippen molar-refractivity contribution in [2.45, 2.75) is 77.0 Å². The van der Waals surface area contributed by atoms with Crippen molar-refractivity contribution in [3.8, 4) is 5.75 Å². The quantitative estimate of drug-likeness (QED) is 0.254. The van der Waals surface area contributed by atoms with Gasteiger partial charge in [0.25, 0.3) is 0 Å². The van der Waals surface area contributed by atoms with Crippen LogP contribution in [0.15, 0.2) is 48.5 Å². The highest BCUT2D eigenvalue weighted by Gasteiger charge is 2.22. The Morgan fingerprint density at radius 1 is 0.966 bits per heavy atom. The summed E-state index contributed by atoms with van der Waals surface area (Å²) in [6.45, 7) is 2.27. The minimum atomic E-state index is -0.338. The van der Waals surface area contributed by atoms with Crippen molar-refractivity contribution in [2.24, 2.45) is 5.92 Å². The van der Waals surface area contributed by atoms with E-state index in [1.54, 1.807) is 0 Å². The van der Waals surface area contributed by atoms with Crippen LogP contribution >= 0.6 is 0 Å². The van der Waals surface area contributed by atoms with Crippen LogP contribution in [0.25, 0.3) is 0 Å². The van der Waals surface area contributed by atoms with Crippen molar-refractivity contribution in [1.82, 2.24) is 0 Å². The summed E-state index contributed by atoms with van der Waals surface area (Å²) in [6.07, 6.45) is 11.8. The monoisotopic (exact) mass is 396 g/mol. The molecule has 29 heavy (non-hydrogen) atoms. The fraction of sp³-hybridized carbons (Fsp3) is 0.500. The molecule has 0 amide bonds. The summed E-state index contributed by atoms with van der Waals surface area (Å²) in [5.74, 6) is 1.38. The van der Waals surface area contributed by atoms with Crippen molar-refractivity contribution in [3.05, 3.63) is 65.5 Å². The summed E-state index contributed by atoms with van der Waals surface area (Å²) in [4.78, 5) is 12.0. The summed E-state index contributed by atoms with van der Waals surface area (Å²) in [5, 5.41) is 0. The highest BCUT2D eigenvalue weighted by atomic mass is 19.1. The first kappa shape index (κ1) is 21.5. The molecule has 2 aromatic carbocycles. The molecule has 3 rings (SSSR count). The van der Waals surface area contributed by atoms with Crippen LogP contribution in [0.5, 0.6) is 5.75 Å². The molecule has 0 unspecified atom stereocenters. The molecule has 0 N–H and O–H groups in total. The van der Waals surface area contributed by atoms with E-state index in [9.17, 15) is 9.18 Å². The van der Waals surface area contributed by atoms with Crippen LogP contribution in [0.1, 0.15) is 81.8 Å². The summed E-state index contributed by atoms with van der Waals surface area (Å²) >= 11 is 0. The number of carbonyl (C=O) groups excluding carboxylic acids is 1. The zero-order chi connectivity index (χ0) is 20.5. The van der Waals surface area contributed by atoms with Crippen LogP contribution in [0.2, 0.25) is 0 Å². The van der Waals surface area contributed by atoms with Gasteiger partial charge in [0.1, 0.15) is 11.6 Å². The number of rotatable bonds is 9. The van der Waals surface area contributed by atoms with Crippen molar-refractivity contribution < 1.29 is 13.9 Å². The van der Waals surface area contributed by atoms with Crippen LogP contribution < -0.4 is 4.74 Å². The largest absolute Gasteiger partial charge is 0.427 e. The second kappa shape index (κ2) is 11.1. The average Bonchev–Trinajstić information content (AvgIpc) is 2.75. The third-order valence-electron chi connectivity index (χ3n) is 6.18. The van der Waals surface area contributed by atoms with Crippen LogP contribution in [-0.4, -0.2) is 5.97 Å². The third kappa shape index (κ3) is 6.99. The molecule has 1 aliphatic rings. The van der Waals surface area contributed by atoms with E-state index in [1.165, 1.54) is 81.2 Å². The van der Waals surface area contributed by atoms with Gasteiger partial charge in [0.05, 0.1) is 0 Å². The minimum absolute atomic E-state index is 0.290. The molecule has 1 aliphatic carbocycles. The second-order valence-corrected chi connectivity index (χ2v) is 8.38. The van der Waals surface area contributed by atoms with Crippen molar-refractivity contribution in [1.29, 1.82) is 0 Å². The van der Waals surface area contributed by atoms with Crippen molar-refractivity contribution in [2.75, 3.05) is 0 Å². The van der Waals surface area contributed by atoms with Crippen molar-refractivity contribution >= 4 is 5.97 Å². The lowest BCUT2D eigenvalue weighted by molar-refractivity contribution is -0.134. The number of esters is 1. The zero-order valence-electron chi connectivity index (χ0n) is 17.5. The molecule has 156 valence electrons. The topological polar surface area (TPSA) is 26.3 Å². The fourth-order valence-corrected chi connectivity index (χ4v) is 4.36. The van der Waals surface area contributed by atoms with Crippen LogP contribution in [-0.2, 0) is 11.2 Å². The minimum Gasteiger partial charge on any atom is -0.427 e. The second-order valence-electron chi connectivity index (χ2n) is 8.38. The predicted octanol–water partition coefficient (Wildman–Crippen LogP) is 7.22. The molecule has 0 heterocycles. The molecule has 2 aromatic rings. The molecule has 1 saturated carbocycles. The number of benzene rings is 2. The average molecular weight is 397 g/mol. The lowest BCUT2D eigenvalue weighted by Gasteiger charge is -2.29. The van der Waals surface area contributed by atoms with Gasteiger partial charge >= 0.3 is 5.97 Å². The molecule has 2 nitrogen and oxygen atoms in total. The van der Waals surface area contributed by atoms with Crippen LogP contribution in [0.4, 0.5) is 4.39 Å². The summed E-state index contributed by atoms with van der Waals surface area (Å²) in [5.41, 5.74) is 2.59. The Balaban J connectivity index is 1.41. The van der Waals surface area contributed by atoms with Gasteiger partial charge < -0.3 is 4.74 Å². The van der Waals surface area contributed by atoms with Gasteiger partial charge in [0, 0.05) is 6.42 Å². The molecular formula is C26H33FO2. The molecule has 1 fully saturated rings. The molecule has 0 radical (unpaired) electrons. The van der Waals surface area contributed by atoms with E-state index in [4.69, 9.17) is 4.74 Å². The number of hydrogen-bond acceptors (Lipinski definition) is 2. The number of halogens is 1. The van der Waals surface area contributed by atoms with E-state index in [0.717, 1.165) is 11.5 Å². The van der Waals surface area contributed by atoms with Gasteiger partial charge in [-0.05, 0) is 79.3 Å². The van der Waals surface area contributed by atoms with E-state index < -0.39 is 0 Å². The maximum atomic E-state index is 12.9. The lowest BCUT2D eigenvalue weighted by Crippen LogP contribution is -2.13. The van der Waals surface area contributed by atoms with E-state index in [1.807, 2.05) is 0 Å². The van der Waals surface area contributed by atoms with Gasteiger partial charge in [-0.3, -0.25) is 4.79 Å². The van der Waals surface area contributed by atoms with E-state index in [0.29, 0.717) is 24.5 Å². The molecule has 0 atom stereocenters. The Hall–Kier alpha value is -2.16. The van der Waals surface area contributed by atoms with Gasteiger partial charge in [0.2, 0.25) is 0 Å². The Morgan fingerprint density at radius 3 is 2.31 bits per heavy atom. The number of hydrogen-bond donors (Lipinski definition) is 0. The molecule has 0 bridgehead atoms. The van der Waals surface area contributed by atoms with Crippen LogP contribution in [0, 0.1) is 11.7 Å². The fourth-order valence-electron chi connectivity index (χ4n) is 4.36. The molecule has 0 spiro atoms. The number of aryl methyl sites for hydroxylation is 1. The third-order valence-corrected chi connectivity index (χ3v) is 6.18. The van der Waals surface area contributed by atoms with E-state index in [2.05, 4.69) is 31.2 Å². The SMILES string of the molecule is CCCCCC1CCC(c2ccc(CCC(=O)Oc3ccc(F)cc3)cc2)CC1. The van der Waals surface area contributed by atoms with E-state index >= 15 is 0 Å². The molecule has 0 saturated heterocycles. The van der Waals surface area contributed by atoms with Crippen LogP contribution in [0.3, 0.4) is 0 Å². The maximum absolute atomic E-state index is 12.9. The molecule has 3 heteroatoms.